The molecule has 1 rings (SSSR count). The highest BCUT2D eigenvalue weighted by molar-refractivity contribution is 7.99. The van der Waals surface area contributed by atoms with Crippen LogP contribution in [0.4, 0.5) is 0 Å². The predicted octanol–water partition coefficient (Wildman–Crippen LogP) is 1.88. The Morgan fingerprint density at radius 2 is 2.21 bits per heavy atom. The molecule has 0 aromatic carbocycles. The van der Waals surface area contributed by atoms with Crippen molar-refractivity contribution >= 4 is 17.7 Å². The quantitative estimate of drug-likeness (QED) is 0.612. The van der Waals surface area contributed by atoms with Crippen LogP contribution in [0.15, 0.2) is 5.03 Å². The molecule has 0 atom stereocenters. The summed E-state index contributed by atoms with van der Waals surface area (Å²) in [5.74, 6) is 0.135. The molecule has 0 amide bonds. The number of ether oxygens (including phenoxy) is 1. The number of nitrogens with zero attached hydrogens (tertiary/aromatic N) is 2. The lowest BCUT2D eigenvalue weighted by atomic mass is 10.2. The van der Waals surface area contributed by atoms with Crippen molar-refractivity contribution in [3.05, 3.63) is 11.3 Å². The molecule has 0 spiro atoms. The lowest BCUT2D eigenvalue weighted by Gasteiger charge is -2.10. The van der Waals surface area contributed by atoms with E-state index in [0.29, 0.717) is 18.4 Å². The number of rotatable bonds is 7. The van der Waals surface area contributed by atoms with Gasteiger partial charge >= 0.3 is 5.97 Å². The van der Waals surface area contributed by atoms with Gasteiger partial charge in [0.25, 0.3) is 0 Å². The molecule has 0 unspecified atom stereocenters. The van der Waals surface area contributed by atoms with Gasteiger partial charge in [-0.25, -0.2) is 0 Å². The van der Waals surface area contributed by atoms with Crippen molar-refractivity contribution in [2.75, 3.05) is 12.4 Å². The van der Waals surface area contributed by atoms with Crippen molar-refractivity contribution < 1.29 is 9.53 Å². The van der Waals surface area contributed by atoms with Crippen LogP contribution in [-0.4, -0.2) is 34.2 Å². The summed E-state index contributed by atoms with van der Waals surface area (Å²) in [7, 11) is 1.90. The van der Waals surface area contributed by atoms with Gasteiger partial charge < -0.3 is 10.1 Å². The molecular weight excluding hydrogens is 262 g/mol. The number of esters is 1. The van der Waals surface area contributed by atoms with Crippen molar-refractivity contribution in [1.82, 2.24) is 15.1 Å². The number of aryl methyl sites for hydroxylation is 2. The highest BCUT2D eigenvalue weighted by atomic mass is 32.2. The summed E-state index contributed by atoms with van der Waals surface area (Å²) in [5.41, 5.74) is 2.16. The van der Waals surface area contributed by atoms with E-state index in [2.05, 4.69) is 24.3 Å². The summed E-state index contributed by atoms with van der Waals surface area (Å²) >= 11 is 1.48. The average molecular weight is 285 g/mol. The predicted molar refractivity (Wildman–Crippen MR) is 77.3 cm³/mol. The molecule has 1 aromatic rings. The fourth-order valence-corrected chi connectivity index (χ4v) is 2.66. The topological polar surface area (TPSA) is 56.1 Å². The van der Waals surface area contributed by atoms with E-state index < -0.39 is 0 Å². The molecule has 0 saturated carbocycles. The summed E-state index contributed by atoms with van der Waals surface area (Å²) < 4.78 is 6.77. The van der Waals surface area contributed by atoms with E-state index in [1.54, 1.807) is 0 Å². The van der Waals surface area contributed by atoms with Gasteiger partial charge in [0.05, 0.1) is 23.1 Å². The molecular formula is C13H23N3O2S. The van der Waals surface area contributed by atoms with E-state index in [1.165, 1.54) is 11.8 Å². The highest BCUT2D eigenvalue weighted by Crippen LogP contribution is 2.25. The zero-order chi connectivity index (χ0) is 14.4. The van der Waals surface area contributed by atoms with Crippen molar-refractivity contribution in [2.45, 2.75) is 45.3 Å². The van der Waals surface area contributed by atoms with Crippen LogP contribution >= 0.6 is 11.8 Å². The summed E-state index contributed by atoms with van der Waals surface area (Å²) in [4.78, 5) is 11.4. The zero-order valence-electron chi connectivity index (χ0n) is 12.3. The third-order valence-electron chi connectivity index (χ3n) is 2.61. The van der Waals surface area contributed by atoms with Gasteiger partial charge in [0.15, 0.2) is 0 Å². The number of hydrogen-bond acceptors (Lipinski definition) is 5. The van der Waals surface area contributed by atoms with Crippen LogP contribution in [0.3, 0.4) is 0 Å². The van der Waals surface area contributed by atoms with Gasteiger partial charge in [-0.05, 0) is 13.8 Å². The van der Waals surface area contributed by atoms with Crippen LogP contribution in [0.5, 0.6) is 0 Å². The molecule has 1 heterocycles. The van der Waals surface area contributed by atoms with Crippen molar-refractivity contribution in [3.8, 4) is 0 Å². The van der Waals surface area contributed by atoms with E-state index in [0.717, 1.165) is 22.8 Å². The van der Waals surface area contributed by atoms with E-state index in [1.807, 2.05) is 25.6 Å². The molecule has 19 heavy (non-hydrogen) atoms. The Hall–Kier alpha value is -1.01. The first kappa shape index (κ1) is 16.0. The molecule has 0 bridgehead atoms. The second kappa shape index (κ2) is 7.55. The molecule has 0 aliphatic rings. The Morgan fingerprint density at radius 1 is 1.53 bits per heavy atom. The third-order valence-corrected chi connectivity index (χ3v) is 3.77. The lowest BCUT2D eigenvalue weighted by Crippen LogP contribution is -2.22. The van der Waals surface area contributed by atoms with E-state index in [9.17, 15) is 4.79 Å². The average Bonchev–Trinajstić information content (AvgIpc) is 2.58. The molecule has 0 radical (unpaired) electrons. The standard InChI is InChI=1S/C13H23N3O2S/c1-6-18-12(17)8-19-13-11(7-14-9(2)3)10(4)15-16(13)5/h9,14H,6-8H2,1-5H3. The Bertz CT molecular complexity index is 430. The molecule has 1 N–H and O–H groups in total. The third kappa shape index (κ3) is 4.87. The first-order valence-corrected chi connectivity index (χ1v) is 7.48. The van der Waals surface area contributed by atoms with Gasteiger partial charge in [0, 0.05) is 25.2 Å². The maximum Gasteiger partial charge on any atom is 0.316 e. The fraction of sp³-hybridized carbons (Fsp3) is 0.692. The van der Waals surface area contributed by atoms with Gasteiger partial charge in [-0.1, -0.05) is 25.6 Å². The van der Waals surface area contributed by atoms with Crippen LogP contribution in [0.1, 0.15) is 32.0 Å². The molecule has 1 aromatic heterocycles. The fourth-order valence-electron chi connectivity index (χ4n) is 1.70. The van der Waals surface area contributed by atoms with Gasteiger partial charge in [0.1, 0.15) is 0 Å². The van der Waals surface area contributed by atoms with E-state index >= 15 is 0 Å². The Kier molecular flexibility index (Phi) is 6.37. The monoisotopic (exact) mass is 285 g/mol. The van der Waals surface area contributed by atoms with Crippen LogP contribution in [0, 0.1) is 6.92 Å². The molecule has 5 nitrogen and oxygen atoms in total. The summed E-state index contributed by atoms with van der Waals surface area (Å²) in [6, 6.07) is 0.419. The number of carbonyl (C=O) groups is 1. The first-order chi connectivity index (χ1) is 8.95. The van der Waals surface area contributed by atoms with E-state index in [-0.39, 0.29) is 5.97 Å². The van der Waals surface area contributed by atoms with Gasteiger partial charge in [-0.3, -0.25) is 9.48 Å². The van der Waals surface area contributed by atoms with Crippen molar-refractivity contribution in [1.29, 1.82) is 0 Å². The lowest BCUT2D eigenvalue weighted by molar-refractivity contribution is -0.139. The van der Waals surface area contributed by atoms with E-state index in [4.69, 9.17) is 4.74 Å². The second-order valence-electron chi connectivity index (χ2n) is 4.62. The van der Waals surface area contributed by atoms with Crippen LogP contribution in [0.2, 0.25) is 0 Å². The Balaban J connectivity index is 2.72. The number of carbonyl (C=O) groups excluding carboxylic acids is 1. The molecule has 108 valence electrons. The molecule has 0 saturated heterocycles. The smallest absolute Gasteiger partial charge is 0.316 e. The zero-order valence-corrected chi connectivity index (χ0v) is 13.1. The van der Waals surface area contributed by atoms with Crippen LogP contribution in [-0.2, 0) is 23.1 Å². The minimum Gasteiger partial charge on any atom is -0.465 e. The van der Waals surface area contributed by atoms with Gasteiger partial charge in [0.2, 0.25) is 0 Å². The molecule has 0 fully saturated rings. The molecule has 6 heteroatoms. The largest absolute Gasteiger partial charge is 0.465 e. The van der Waals surface area contributed by atoms with Crippen molar-refractivity contribution in [3.63, 3.8) is 0 Å². The SMILES string of the molecule is CCOC(=O)CSc1c(CNC(C)C)c(C)nn1C. The second-order valence-corrected chi connectivity index (χ2v) is 5.59. The minimum atomic E-state index is -0.186. The number of aromatic nitrogens is 2. The van der Waals surface area contributed by atoms with Crippen LogP contribution in [0.25, 0.3) is 0 Å². The summed E-state index contributed by atoms with van der Waals surface area (Å²) in [5, 5.41) is 8.83. The molecule has 0 aliphatic heterocycles. The minimum absolute atomic E-state index is 0.186. The normalized spacial score (nSPS) is 11.1. The Morgan fingerprint density at radius 3 is 2.79 bits per heavy atom. The maximum absolute atomic E-state index is 11.4. The maximum atomic E-state index is 11.4. The number of hydrogen-bond donors (Lipinski definition) is 1. The van der Waals surface area contributed by atoms with Gasteiger partial charge in [-0.15, -0.1) is 0 Å². The number of thioether (sulfide) groups is 1. The van der Waals surface area contributed by atoms with Gasteiger partial charge in [-0.2, -0.15) is 5.10 Å². The number of nitrogens with one attached hydrogen (secondary N) is 1. The summed E-state index contributed by atoms with van der Waals surface area (Å²) in [6.45, 7) is 9.21. The van der Waals surface area contributed by atoms with Crippen LogP contribution < -0.4 is 5.32 Å². The summed E-state index contributed by atoms with van der Waals surface area (Å²) in [6.07, 6.45) is 0. The Labute approximate surface area is 119 Å². The van der Waals surface area contributed by atoms with Crippen molar-refractivity contribution in [2.24, 2.45) is 7.05 Å². The first-order valence-electron chi connectivity index (χ1n) is 6.50. The highest BCUT2D eigenvalue weighted by Gasteiger charge is 2.15. The molecule has 0 aliphatic carbocycles.